The molecule has 78 valence electrons. The van der Waals surface area contributed by atoms with Crippen molar-refractivity contribution in [3.05, 3.63) is 0 Å². The molecule has 2 atom stereocenters. The van der Waals surface area contributed by atoms with Gasteiger partial charge in [-0.25, -0.2) is 0 Å². The molecule has 0 aromatic rings. The molecule has 0 aromatic carbocycles. The molecule has 0 aromatic heterocycles. The van der Waals surface area contributed by atoms with Gasteiger partial charge in [0.15, 0.2) is 0 Å². The van der Waals surface area contributed by atoms with Crippen LogP contribution in [0.4, 0.5) is 0 Å². The zero-order chi connectivity index (χ0) is 9.84. The third kappa shape index (κ3) is 3.27. The average Bonchev–Trinajstić information content (AvgIpc) is 2.17. The highest BCUT2D eigenvalue weighted by Crippen LogP contribution is 2.37. The van der Waals surface area contributed by atoms with Crippen molar-refractivity contribution in [2.75, 3.05) is 0 Å². The normalized spacial score (nSPS) is 34.2. The van der Waals surface area contributed by atoms with Crippen LogP contribution in [0.5, 0.6) is 0 Å². The number of hydrogen-bond acceptors (Lipinski definition) is 0. The highest BCUT2D eigenvalue weighted by atomic mass is 79.9. The number of halogens is 1. The van der Waals surface area contributed by atoms with Crippen LogP contribution in [-0.2, 0) is 0 Å². The molecule has 1 rings (SSSR count). The van der Waals surface area contributed by atoms with E-state index < -0.39 is 0 Å². The zero-order valence-corrected chi connectivity index (χ0v) is 10.8. The molecular formula is C12H23Br. The minimum absolute atomic E-state index is 0.690. The van der Waals surface area contributed by atoms with Crippen LogP contribution in [0.3, 0.4) is 0 Å². The van der Waals surface area contributed by atoms with Gasteiger partial charge >= 0.3 is 0 Å². The lowest BCUT2D eigenvalue weighted by Gasteiger charge is -2.33. The Morgan fingerprint density at radius 3 is 2.08 bits per heavy atom. The van der Waals surface area contributed by atoms with Gasteiger partial charge in [-0.3, -0.25) is 0 Å². The van der Waals surface area contributed by atoms with E-state index >= 15 is 0 Å². The Labute approximate surface area is 91.6 Å². The van der Waals surface area contributed by atoms with Crippen molar-refractivity contribution in [2.45, 2.75) is 57.7 Å². The molecule has 0 radical (unpaired) electrons. The molecule has 1 fully saturated rings. The summed E-state index contributed by atoms with van der Waals surface area (Å²) in [5.74, 6) is 2.88. The van der Waals surface area contributed by atoms with Gasteiger partial charge in [-0.1, -0.05) is 56.0 Å². The Morgan fingerprint density at radius 2 is 1.69 bits per heavy atom. The van der Waals surface area contributed by atoms with E-state index in [1.807, 2.05) is 0 Å². The SMILES string of the molecule is CCC1CCC(C(C)C(C)Br)CC1. The number of hydrogen-bond donors (Lipinski definition) is 0. The van der Waals surface area contributed by atoms with Gasteiger partial charge < -0.3 is 0 Å². The standard InChI is InChI=1S/C12H23Br/c1-4-11-5-7-12(8-6-11)9(2)10(3)13/h9-12H,4-8H2,1-3H3. The van der Waals surface area contributed by atoms with Crippen LogP contribution < -0.4 is 0 Å². The van der Waals surface area contributed by atoms with Crippen LogP contribution in [0.1, 0.15) is 52.9 Å². The summed E-state index contributed by atoms with van der Waals surface area (Å²) in [6.45, 7) is 7.02. The summed E-state index contributed by atoms with van der Waals surface area (Å²) < 4.78 is 0. The molecule has 0 saturated heterocycles. The van der Waals surface area contributed by atoms with Gasteiger partial charge in [0.05, 0.1) is 0 Å². The maximum absolute atomic E-state index is 3.71. The Kier molecular flexibility index (Phi) is 4.78. The van der Waals surface area contributed by atoms with E-state index in [4.69, 9.17) is 0 Å². The Balaban J connectivity index is 2.32. The summed E-state index contributed by atoms with van der Waals surface area (Å²) in [4.78, 5) is 0.690. The van der Waals surface area contributed by atoms with Crippen LogP contribution in [0.2, 0.25) is 0 Å². The van der Waals surface area contributed by atoms with Crippen LogP contribution in [0.15, 0.2) is 0 Å². The molecular weight excluding hydrogens is 224 g/mol. The minimum atomic E-state index is 0.690. The van der Waals surface area contributed by atoms with Crippen molar-refractivity contribution in [2.24, 2.45) is 17.8 Å². The van der Waals surface area contributed by atoms with Crippen molar-refractivity contribution in [1.82, 2.24) is 0 Å². The van der Waals surface area contributed by atoms with E-state index in [-0.39, 0.29) is 0 Å². The minimum Gasteiger partial charge on any atom is -0.0891 e. The van der Waals surface area contributed by atoms with Gasteiger partial charge in [0.2, 0.25) is 0 Å². The van der Waals surface area contributed by atoms with Crippen LogP contribution in [0.25, 0.3) is 0 Å². The number of rotatable bonds is 3. The predicted octanol–water partition coefficient (Wildman–Crippen LogP) is 4.62. The van der Waals surface area contributed by atoms with E-state index in [0.717, 1.165) is 17.8 Å². The van der Waals surface area contributed by atoms with Gasteiger partial charge in [-0.05, 0) is 30.6 Å². The molecule has 1 saturated carbocycles. The lowest BCUT2D eigenvalue weighted by Crippen LogP contribution is -2.24. The molecule has 13 heavy (non-hydrogen) atoms. The van der Waals surface area contributed by atoms with E-state index in [9.17, 15) is 0 Å². The second-order valence-corrected chi connectivity index (χ2v) is 6.17. The third-order valence-electron chi connectivity index (χ3n) is 3.94. The summed E-state index contributed by atoms with van der Waals surface area (Å²) in [5, 5.41) is 0. The molecule has 0 spiro atoms. The molecule has 0 heterocycles. The van der Waals surface area contributed by atoms with Crippen molar-refractivity contribution >= 4 is 15.9 Å². The van der Waals surface area contributed by atoms with E-state index in [0.29, 0.717) is 4.83 Å². The summed E-state index contributed by atoms with van der Waals surface area (Å²) >= 11 is 3.71. The van der Waals surface area contributed by atoms with Crippen molar-refractivity contribution in [3.63, 3.8) is 0 Å². The van der Waals surface area contributed by atoms with Crippen molar-refractivity contribution < 1.29 is 0 Å². The molecule has 1 aliphatic carbocycles. The Morgan fingerprint density at radius 1 is 1.15 bits per heavy atom. The molecule has 0 aliphatic heterocycles. The van der Waals surface area contributed by atoms with Crippen LogP contribution in [-0.4, -0.2) is 4.83 Å². The van der Waals surface area contributed by atoms with Gasteiger partial charge in [0, 0.05) is 4.83 Å². The Hall–Kier alpha value is 0.480. The van der Waals surface area contributed by atoms with Gasteiger partial charge in [0.1, 0.15) is 0 Å². The first-order chi connectivity index (χ1) is 6.15. The molecule has 0 bridgehead atoms. The second kappa shape index (κ2) is 5.38. The fourth-order valence-corrected chi connectivity index (χ4v) is 2.93. The lowest BCUT2D eigenvalue weighted by molar-refractivity contribution is 0.211. The molecule has 0 N–H and O–H groups in total. The van der Waals surface area contributed by atoms with Crippen LogP contribution in [0, 0.1) is 17.8 Å². The first kappa shape index (κ1) is 11.6. The molecule has 0 amide bonds. The average molecular weight is 247 g/mol. The quantitative estimate of drug-likeness (QED) is 0.638. The maximum Gasteiger partial charge on any atom is 0.0145 e. The molecule has 1 aliphatic rings. The first-order valence-electron chi connectivity index (χ1n) is 5.79. The summed E-state index contributed by atoms with van der Waals surface area (Å²) in [5.41, 5.74) is 0. The second-order valence-electron chi connectivity index (χ2n) is 4.73. The largest absolute Gasteiger partial charge is 0.0891 e. The van der Waals surface area contributed by atoms with E-state index in [1.54, 1.807) is 0 Å². The fraction of sp³-hybridized carbons (Fsp3) is 1.00. The highest BCUT2D eigenvalue weighted by Gasteiger charge is 2.26. The Bertz CT molecular complexity index is 134. The summed E-state index contributed by atoms with van der Waals surface area (Å²) in [6.07, 6.45) is 7.28. The maximum atomic E-state index is 3.71. The van der Waals surface area contributed by atoms with Gasteiger partial charge in [0.25, 0.3) is 0 Å². The topological polar surface area (TPSA) is 0 Å². The van der Waals surface area contributed by atoms with E-state index in [1.165, 1.54) is 32.1 Å². The zero-order valence-electron chi connectivity index (χ0n) is 9.22. The fourth-order valence-electron chi connectivity index (χ4n) is 2.50. The highest BCUT2D eigenvalue weighted by molar-refractivity contribution is 9.09. The molecule has 2 unspecified atom stereocenters. The van der Waals surface area contributed by atoms with Crippen molar-refractivity contribution in [3.8, 4) is 0 Å². The summed E-state index contributed by atoms with van der Waals surface area (Å²) in [7, 11) is 0. The first-order valence-corrected chi connectivity index (χ1v) is 6.70. The third-order valence-corrected chi connectivity index (χ3v) is 4.77. The monoisotopic (exact) mass is 246 g/mol. The van der Waals surface area contributed by atoms with Gasteiger partial charge in [-0.2, -0.15) is 0 Å². The lowest BCUT2D eigenvalue weighted by atomic mass is 9.75. The van der Waals surface area contributed by atoms with Crippen LogP contribution >= 0.6 is 15.9 Å². The molecule has 1 heteroatoms. The van der Waals surface area contributed by atoms with Crippen molar-refractivity contribution in [1.29, 1.82) is 0 Å². The smallest absolute Gasteiger partial charge is 0.0145 e. The number of alkyl halides is 1. The van der Waals surface area contributed by atoms with E-state index in [2.05, 4.69) is 36.7 Å². The predicted molar refractivity (Wildman–Crippen MR) is 63.3 cm³/mol. The summed E-state index contributed by atoms with van der Waals surface area (Å²) in [6, 6.07) is 0. The van der Waals surface area contributed by atoms with Gasteiger partial charge in [-0.15, -0.1) is 0 Å². The molecule has 0 nitrogen and oxygen atoms in total.